The molecule has 0 aromatic heterocycles. The van der Waals surface area contributed by atoms with Gasteiger partial charge in [0.2, 0.25) is 0 Å². The van der Waals surface area contributed by atoms with Crippen molar-refractivity contribution in [1.82, 2.24) is 0 Å². The van der Waals surface area contributed by atoms with Crippen LogP contribution in [0.1, 0.15) is 5.56 Å². The smallest absolute Gasteiger partial charge is 0.144 e. The molecule has 4 rings (SSSR count). The highest BCUT2D eigenvalue weighted by atomic mass is 79.9. The zero-order valence-electron chi connectivity index (χ0n) is 16.3. The van der Waals surface area contributed by atoms with Crippen molar-refractivity contribution in [3.63, 3.8) is 0 Å². The van der Waals surface area contributed by atoms with Crippen molar-refractivity contribution in [1.29, 1.82) is 0 Å². The van der Waals surface area contributed by atoms with E-state index in [-0.39, 0.29) is 17.0 Å². The minimum absolute atomic E-state index is 0. The molecule has 0 saturated heterocycles. The maximum Gasteiger partial charge on any atom is 0.144 e. The van der Waals surface area contributed by atoms with E-state index in [1.54, 1.807) is 0 Å². The minimum atomic E-state index is -2.02. The summed E-state index contributed by atoms with van der Waals surface area (Å²) in [7, 11) is -2.02. The highest BCUT2D eigenvalue weighted by Crippen LogP contribution is 2.54. The van der Waals surface area contributed by atoms with E-state index in [4.69, 9.17) is 0 Å². The topological polar surface area (TPSA) is 0 Å². The number of allylic oxidation sites excluding steroid dienone is 1. The number of halogens is 1. The second kappa shape index (κ2) is 9.83. The predicted molar refractivity (Wildman–Crippen MR) is 125 cm³/mol. The number of hydrogen-bond acceptors (Lipinski definition) is 0. The lowest BCUT2D eigenvalue weighted by molar-refractivity contribution is -0.00000536. The number of benzene rings is 4. The summed E-state index contributed by atoms with van der Waals surface area (Å²) in [5, 5.41) is 5.55. The molecule has 0 aliphatic heterocycles. The van der Waals surface area contributed by atoms with Gasteiger partial charge in [-0.1, -0.05) is 78.9 Å². The molecule has 0 fully saturated rings. The lowest BCUT2D eigenvalue weighted by Crippen LogP contribution is -3.00. The Balaban J connectivity index is 0.00000240. The molecule has 4 aromatic rings. The Morgan fingerprint density at radius 1 is 0.552 bits per heavy atom. The molecule has 0 spiro atoms. The lowest BCUT2D eigenvalue weighted by Gasteiger charge is -2.29. The van der Waals surface area contributed by atoms with Gasteiger partial charge in [0.15, 0.2) is 0 Å². The Morgan fingerprint density at radius 3 is 1.34 bits per heavy atom. The van der Waals surface area contributed by atoms with Gasteiger partial charge in [-0.05, 0) is 54.4 Å². The van der Waals surface area contributed by atoms with Crippen molar-refractivity contribution in [2.75, 3.05) is 0 Å². The van der Waals surface area contributed by atoms with Gasteiger partial charge in [0.1, 0.15) is 28.5 Å². The summed E-state index contributed by atoms with van der Waals surface area (Å²) in [6.45, 7) is 4.01. The first kappa shape index (κ1) is 21.2. The summed E-state index contributed by atoms with van der Waals surface area (Å²) in [6, 6.07) is 41.9. The van der Waals surface area contributed by atoms with Crippen LogP contribution >= 0.6 is 7.26 Å². The SMILES string of the molecule is C=CCc1ccccc1[P+](c1ccccc1)(c1ccccc1)c1ccccc1.[Br-]. The van der Waals surface area contributed by atoms with Crippen LogP contribution in [-0.2, 0) is 6.42 Å². The largest absolute Gasteiger partial charge is 1.00 e. The first-order valence-electron chi connectivity index (χ1n) is 9.62. The highest BCUT2D eigenvalue weighted by Gasteiger charge is 2.48. The Bertz CT molecular complexity index is 947. The average molecular weight is 459 g/mol. The van der Waals surface area contributed by atoms with Gasteiger partial charge in [0.05, 0.1) is 0 Å². The van der Waals surface area contributed by atoms with E-state index < -0.39 is 7.26 Å². The molecule has 0 amide bonds. The molecule has 29 heavy (non-hydrogen) atoms. The molecule has 144 valence electrons. The Kier molecular flexibility index (Phi) is 7.20. The summed E-state index contributed by atoms with van der Waals surface area (Å²) < 4.78 is 0. The van der Waals surface area contributed by atoms with E-state index in [1.165, 1.54) is 26.8 Å². The first-order chi connectivity index (χ1) is 13.9. The van der Waals surface area contributed by atoms with Crippen LogP contribution in [0.15, 0.2) is 128 Å². The van der Waals surface area contributed by atoms with Gasteiger partial charge >= 0.3 is 0 Å². The van der Waals surface area contributed by atoms with Gasteiger partial charge < -0.3 is 17.0 Å². The molecular formula is C27H24BrP. The standard InChI is InChI=1S/C27H24P.BrH/c1-2-14-23-15-12-13-22-27(23)28(24-16-6-3-7-17-24,25-18-8-4-9-19-25)26-20-10-5-11-21-26;/h2-13,15-22H,1,14H2;1H/q+1;/p-1. The van der Waals surface area contributed by atoms with E-state index in [9.17, 15) is 0 Å². The molecule has 0 saturated carbocycles. The third-order valence-electron chi connectivity index (χ3n) is 5.15. The van der Waals surface area contributed by atoms with Crippen LogP contribution in [0.2, 0.25) is 0 Å². The molecule has 4 aromatic carbocycles. The maximum atomic E-state index is 4.01. The molecule has 0 aliphatic carbocycles. The molecule has 0 bridgehead atoms. The molecule has 0 N–H and O–H groups in total. The third kappa shape index (κ3) is 3.99. The molecule has 0 atom stereocenters. The zero-order valence-corrected chi connectivity index (χ0v) is 18.8. The molecule has 0 heterocycles. The van der Waals surface area contributed by atoms with E-state index in [2.05, 4.69) is 122 Å². The van der Waals surface area contributed by atoms with Crippen molar-refractivity contribution < 1.29 is 17.0 Å². The number of hydrogen-bond donors (Lipinski definition) is 0. The summed E-state index contributed by atoms with van der Waals surface area (Å²) in [5.74, 6) is 0. The van der Waals surface area contributed by atoms with Gasteiger partial charge in [-0.3, -0.25) is 0 Å². The van der Waals surface area contributed by atoms with Crippen LogP contribution in [0.25, 0.3) is 0 Å². The van der Waals surface area contributed by atoms with Gasteiger partial charge in [-0.25, -0.2) is 0 Å². The van der Waals surface area contributed by atoms with Crippen LogP contribution in [0.3, 0.4) is 0 Å². The van der Waals surface area contributed by atoms with Crippen LogP contribution in [-0.4, -0.2) is 0 Å². The van der Waals surface area contributed by atoms with E-state index in [0.29, 0.717) is 0 Å². The minimum Gasteiger partial charge on any atom is -1.00 e. The second-order valence-corrected chi connectivity index (χ2v) is 10.2. The fourth-order valence-electron chi connectivity index (χ4n) is 3.99. The summed E-state index contributed by atoms with van der Waals surface area (Å²) in [6.07, 6.45) is 2.87. The van der Waals surface area contributed by atoms with Gasteiger partial charge in [-0.2, -0.15) is 0 Å². The monoisotopic (exact) mass is 458 g/mol. The van der Waals surface area contributed by atoms with E-state index >= 15 is 0 Å². The Morgan fingerprint density at radius 2 is 0.931 bits per heavy atom. The molecule has 2 heteroatoms. The lowest BCUT2D eigenvalue weighted by atomic mass is 10.1. The van der Waals surface area contributed by atoms with Gasteiger partial charge in [0.25, 0.3) is 0 Å². The van der Waals surface area contributed by atoms with Gasteiger partial charge in [-0.15, -0.1) is 6.58 Å². The summed E-state index contributed by atoms with van der Waals surface area (Å²) >= 11 is 0. The Labute approximate surface area is 185 Å². The zero-order chi connectivity index (χ0) is 19.2. The quantitative estimate of drug-likeness (QED) is 0.306. The van der Waals surface area contributed by atoms with Crippen LogP contribution in [0, 0.1) is 0 Å². The molecule has 0 radical (unpaired) electrons. The van der Waals surface area contributed by atoms with Gasteiger partial charge in [0, 0.05) is 0 Å². The summed E-state index contributed by atoms with van der Waals surface area (Å²) in [4.78, 5) is 0. The van der Waals surface area contributed by atoms with Crippen molar-refractivity contribution in [3.8, 4) is 0 Å². The first-order valence-corrected chi connectivity index (χ1v) is 11.4. The van der Waals surface area contributed by atoms with Crippen LogP contribution in [0.5, 0.6) is 0 Å². The van der Waals surface area contributed by atoms with Crippen LogP contribution in [0.4, 0.5) is 0 Å². The fourth-order valence-corrected chi connectivity index (χ4v) is 8.48. The highest BCUT2D eigenvalue weighted by molar-refractivity contribution is 8.01. The van der Waals surface area contributed by atoms with E-state index in [0.717, 1.165) is 6.42 Å². The average Bonchev–Trinajstić information content (AvgIpc) is 2.78. The fraction of sp³-hybridized carbons (Fsp3) is 0.0370. The van der Waals surface area contributed by atoms with Crippen molar-refractivity contribution in [2.24, 2.45) is 0 Å². The second-order valence-electron chi connectivity index (χ2n) is 6.80. The van der Waals surface area contributed by atoms with Crippen molar-refractivity contribution >= 4 is 28.5 Å². The molecule has 0 unspecified atom stereocenters. The normalized spacial score (nSPS) is 10.8. The third-order valence-corrected chi connectivity index (χ3v) is 9.52. The molecule has 0 aliphatic rings. The Hall–Kier alpha value is -2.47. The molecular weight excluding hydrogens is 435 g/mol. The number of rotatable bonds is 6. The predicted octanol–water partition coefficient (Wildman–Crippen LogP) is 2.04. The van der Waals surface area contributed by atoms with Crippen molar-refractivity contribution in [2.45, 2.75) is 6.42 Å². The van der Waals surface area contributed by atoms with Crippen molar-refractivity contribution in [3.05, 3.63) is 133 Å². The molecule has 0 nitrogen and oxygen atoms in total. The van der Waals surface area contributed by atoms with E-state index in [1.807, 2.05) is 6.08 Å². The maximum absolute atomic E-state index is 4.01. The summed E-state index contributed by atoms with van der Waals surface area (Å²) in [5.41, 5.74) is 1.35. The van der Waals surface area contributed by atoms with Crippen LogP contribution < -0.4 is 38.2 Å².